The van der Waals surface area contributed by atoms with Gasteiger partial charge in [0.2, 0.25) is 12.6 Å². The van der Waals surface area contributed by atoms with Gasteiger partial charge in [0.1, 0.15) is 13.2 Å². The molecule has 0 N–H and O–H groups in total. The Morgan fingerprint density at radius 3 is 1.38 bits per heavy atom. The van der Waals surface area contributed by atoms with Crippen molar-refractivity contribution in [1.82, 2.24) is 0 Å². The first-order chi connectivity index (χ1) is 17.7. The van der Waals surface area contributed by atoms with Gasteiger partial charge in [-0.15, -0.1) is 0 Å². The standard InChI is InChI=1S/C29H48O8/c1-7-25(30)36-27(32-9-3)19-34-23-15-11-21(12-16-23)29(5,6)22-13-17-24(18-14-22)35-20-28(33-10-4)37-26(31)8-2/h7-8,21-24,27-28H,1-2,9-20H2,3-6H3. The highest BCUT2D eigenvalue weighted by molar-refractivity contribution is 5.81. The smallest absolute Gasteiger partial charge is 0.332 e. The molecule has 212 valence electrons. The molecule has 0 bridgehead atoms. The Kier molecular flexibility index (Phi) is 13.8. The van der Waals surface area contributed by atoms with Gasteiger partial charge in [-0.3, -0.25) is 0 Å². The molecule has 2 fully saturated rings. The summed E-state index contributed by atoms with van der Waals surface area (Å²) >= 11 is 0. The second kappa shape index (κ2) is 16.3. The van der Waals surface area contributed by atoms with Crippen molar-refractivity contribution in [3.05, 3.63) is 25.3 Å². The Morgan fingerprint density at radius 1 is 0.730 bits per heavy atom. The Hall–Kier alpha value is -1.74. The molecule has 0 amide bonds. The van der Waals surface area contributed by atoms with Crippen LogP contribution in [-0.2, 0) is 38.0 Å². The molecule has 2 atom stereocenters. The van der Waals surface area contributed by atoms with Crippen LogP contribution in [0.15, 0.2) is 25.3 Å². The lowest BCUT2D eigenvalue weighted by Crippen LogP contribution is -2.40. The maximum atomic E-state index is 11.5. The van der Waals surface area contributed by atoms with Crippen molar-refractivity contribution in [1.29, 1.82) is 0 Å². The summed E-state index contributed by atoms with van der Waals surface area (Å²) in [6, 6.07) is 0. The summed E-state index contributed by atoms with van der Waals surface area (Å²) in [5, 5.41) is 0. The molecule has 8 heteroatoms. The van der Waals surface area contributed by atoms with E-state index in [4.69, 9.17) is 28.4 Å². The zero-order valence-electron chi connectivity index (χ0n) is 23.3. The van der Waals surface area contributed by atoms with Crippen LogP contribution >= 0.6 is 0 Å². The minimum Gasteiger partial charge on any atom is -0.430 e. The Morgan fingerprint density at radius 2 is 1.08 bits per heavy atom. The van der Waals surface area contributed by atoms with Crippen LogP contribution in [0.3, 0.4) is 0 Å². The van der Waals surface area contributed by atoms with E-state index in [2.05, 4.69) is 27.0 Å². The molecule has 8 nitrogen and oxygen atoms in total. The van der Waals surface area contributed by atoms with Gasteiger partial charge in [-0.05, 0) is 82.5 Å². The summed E-state index contributed by atoms with van der Waals surface area (Å²) in [5.74, 6) is 0.296. The largest absolute Gasteiger partial charge is 0.430 e. The van der Waals surface area contributed by atoms with Crippen LogP contribution in [0.5, 0.6) is 0 Å². The highest BCUT2D eigenvalue weighted by Crippen LogP contribution is 2.48. The number of ether oxygens (including phenoxy) is 6. The molecule has 2 saturated carbocycles. The summed E-state index contributed by atoms with van der Waals surface area (Å²) in [6.45, 7) is 16.8. The third-order valence-electron chi connectivity index (χ3n) is 7.92. The number of carbonyl (C=O) groups is 2. The minimum atomic E-state index is -0.695. The molecular weight excluding hydrogens is 476 g/mol. The molecule has 2 aliphatic carbocycles. The second-order valence-corrected chi connectivity index (χ2v) is 10.5. The van der Waals surface area contributed by atoms with Gasteiger partial charge in [0.25, 0.3) is 0 Å². The van der Waals surface area contributed by atoms with Crippen LogP contribution in [0, 0.1) is 17.3 Å². The number of hydrogen-bond acceptors (Lipinski definition) is 8. The Labute approximate surface area is 223 Å². The molecule has 0 heterocycles. The van der Waals surface area contributed by atoms with Crippen LogP contribution in [0.4, 0.5) is 0 Å². The van der Waals surface area contributed by atoms with E-state index in [9.17, 15) is 9.59 Å². The molecule has 0 radical (unpaired) electrons. The highest BCUT2D eigenvalue weighted by atomic mass is 16.7. The number of hydrogen-bond donors (Lipinski definition) is 0. The number of rotatable bonds is 16. The van der Waals surface area contributed by atoms with E-state index in [0.717, 1.165) is 63.5 Å². The molecule has 37 heavy (non-hydrogen) atoms. The summed E-state index contributed by atoms with van der Waals surface area (Å²) in [4.78, 5) is 23.0. The molecule has 0 saturated heterocycles. The van der Waals surface area contributed by atoms with Crippen LogP contribution in [0.25, 0.3) is 0 Å². The quantitative estimate of drug-likeness (QED) is 0.152. The normalized spacial score (nSPS) is 26.1. The first-order valence-electron chi connectivity index (χ1n) is 13.9. The van der Waals surface area contributed by atoms with Crippen molar-refractivity contribution in [2.24, 2.45) is 17.3 Å². The van der Waals surface area contributed by atoms with Gasteiger partial charge >= 0.3 is 11.9 Å². The minimum absolute atomic E-state index is 0.162. The predicted octanol–water partition coefficient (Wildman–Crippen LogP) is 5.35. The van der Waals surface area contributed by atoms with Gasteiger partial charge < -0.3 is 28.4 Å². The van der Waals surface area contributed by atoms with E-state index >= 15 is 0 Å². The SMILES string of the molecule is C=CC(=O)OC(COC1CCC(C(C)(C)C2CCC(OCC(OCC)OC(=O)C=C)CC2)CC1)OCC. The first kappa shape index (κ1) is 31.5. The summed E-state index contributed by atoms with van der Waals surface area (Å²) in [6.07, 6.45) is 9.74. The van der Waals surface area contributed by atoms with Crippen molar-refractivity contribution >= 4 is 11.9 Å². The van der Waals surface area contributed by atoms with E-state index in [1.165, 1.54) is 0 Å². The van der Waals surface area contributed by atoms with E-state index in [1.54, 1.807) is 0 Å². The maximum absolute atomic E-state index is 11.5. The van der Waals surface area contributed by atoms with Crippen molar-refractivity contribution in [3.8, 4) is 0 Å². The average Bonchev–Trinajstić information content (AvgIpc) is 2.90. The lowest BCUT2D eigenvalue weighted by atomic mass is 9.60. The zero-order chi connectivity index (χ0) is 27.3. The van der Waals surface area contributed by atoms with Crippen molar-refractivity contribution in [2.45, 2.75) is 104 Å². The van der Waals surface area contributed by atoms with Gasteiger partial charge in [-0.25, -0.2) is 9.59 Å². The van der Waals surface area contributed by atoms with Crippen molar-refractivity contribution < 1.29 is 38.0 Å². The third-order valence-corrected chi connectivity index (χ3v) is 7.92. The molecule has 2 unspecified atom stereocenters. The van der Waals surface area contributed by atoms with Crippen LogP contribution < -0.4 is 0 Å². The van der Waals surface area contributed by atoms with Crippen LogP contribution in [-0.4, -0.2) is 63.2 Å². The molecule has 0 aromatic heterocycles. The number of carbonyl (C=O) groups excluding carboxylic acids is 2. The number of esters is 2. The topological polar surface area (TPSA) is 89.5 Å². The van der Waals surface area contributed by atoms with Gasteiger partial charge in [0, 0.05) is 25.4 Å². The molecule has 0 spiro atoms. The fraction of sp³-hybridized carbons (Fsp3) is 0.793. The monoisotopic (exact) mass is 524 g/mol. The van der Waals surface area contributed by atoms with Gasteiger partial charge in [0.05, 0.1) is 12.2 Å². The first-order valence-corrected chi connectivity index (χ1v) is 13.9. The summed E-state index contributed by atoms with van der Waals surface area (Å²) in [7, 11) is 0. The fourth-order valence-electron chi connectivity index (χ4n) is 5.67. The van der Waals surface area contributed by atoms with Gasteiger partial charge in [-0.1, -0.05) is 27.0 Å². The molecular formula is C29H48O8. The van der Waals surface area contributed by atoms with Gasteiger partial charge in [-0.2, -0.15) is 0 Å². The molecule has 2 rings (SSSR count). The lowest BCUT2D eigenvalue weighted by molar-refractivity contribution is -0.191. The molecule has 0 aliphatic heterocycles. The Bertz CT molecular complexity index is 647. The summed E-state index contributed by atoms with van der Waals surface area (Å²) < 4.78 is 33.5. The highest BCUT2D eigenvalue weighted by Gasteiger charge is 2.41. The van der Waals surface area contributed by atoms with Crippen LogP contribution in [0.1, 0.15) is 79.1 Å². The van der Waals surface area contributed by atoms with E-state index in [0.29, 0.717) is 25.0 Å². The summed E-state index contributed by atoms with van der Waals surface area (Å²) in [5.41, 5.74) is 0.247. The average molecular weight is 525 g/mol. The van der Waals surface area contributed by atoms with Crippen molar-refractivity contribution in [2.75, 3.05) is 26.4 Å². The zero-order valence-corrected chi connectivity index (χ0v) is 23.3. The molecule has 0 aromatic rings. The maximum Gasteiger partial charge on any atom is 0.332 e. The Balaban J connectivity index is 1.74. The fourth-order valence-corrected chi connectivity index (χ4v) is 5.67. The van der Waals surface area contributed by atoms with E-state index in [-0.39, 0.29) is 30.8 Å². The molecule has 2 aliphatic rings. The van der Waals surface area contributed by atoms with E-state index in [1.807, 2.05) is 13.8 Å². The van der Waals surface area contributed by atoms with Crippen LogP contribution in [0.2, 0.25) is 0 Å². The van der Waals surface area contributed by atoms with Crippen molar-refractivity contribution in [3.63, 3.8) is 0 Å². The van der Waals surface area contributed by atoms with Gasteiger partial charge in [0.15, 0.2) is 0 Å². The predicted molar refractivity (Wildman–Crippen MR) is 141 cm³/mol. The second-order valence-electron chi connectivity index (χ2n) is 10.5. The molecule has 0 aromatic carbocycles. The lowest BCUT2D eigenvalue weighted by Gasteiger charge is -2.46. The third kappa shape index (κ3) is 10.5. The van der Waals surface area contributed by atoms with E-state index < -0.39 is 24.5 Å².